The summed E-state index contributed by atoms with van der Waals surface area (Å²) in [5.41, 5.74) is 6.23. The molecule has 2 aromatic heterocycles. The van der Waals surface area contributed by atoms with Crippen LogP contribution in [-0.4, -0.2) is 147 Å². The second-order valence-corrected chi connectivity index (χ2v) is 21.5. The maximum Gasteiger partial charge on any atom is 0.391 e. The number of amides is 5. The van der Waals surface area contributed by atoms with E-state index in [0.717, 1.165) is 32.8 Å². The van der Waals surface area contributed by atoms with Gasteiger partial charge in [-0.25, -0.2) is 9.97 Å². The summed E-state index contributed by atoms with van der Waals surface area (Å²) in [6, 6.07) is 14.8. The van der Waals surface area contributed by atoms with Crippen LogP contribution in [0.3, 0.4) is 0 Å². The number of hydrogen-bond acceptors (Lipinski definition) is 14. The van der Waals surface area contributed by atoms with Crippen LogP contribution >= 0.6 is 11.3 Å². The molecule has 5 N–H and O–H groups in total. The summed E-state index contributed by atoms with van der Waals surface area (Å²) in [6.07, 6.45) is 1.28. The van der Waals surface area contributed by atoms with E-state index in [0.29, 0.717) is 50.5 Å². The Morgan fingerprint density at radius 1 is 0.810 bits per heavy atom. The molecule has 1 aliphatic heterocycles. The Morgan fingerprint density at radius 2 is 1.47 bits per heavy atom. The lowest BCUT2D eigenvalue weighted by Gasteiger charge is -2.35. The molecule has 4 aromatic rings. The van der Waals surface area contributed by atoms with E-state index in [1.54, 1.807) is 35.1 Å². The molecule has 0 radical (unpaired) electrons. The SMILES string of the molecule is COc1cnc(C(=O)NCc2cccc(CC(=O)NCCOCCOCCOCCOCC(=O)NC(C(=O)N3CC(O)CC3C(=O)NCc3ccc(-c4scnc4C)cc3)C(C)(C)C)c2)cc1C=CC1CCC(C(F)(F)F)CC1. The van der Waals surface area contributed by atoms with Crippen molar-refractivity contribution in [2.24, 2.45) is 17.3 Å². The van der Waals surface area contributed by atoms with E-state index in [4.69, 9.17) is 23.7 Å². The van der Waals surface area contributed by atoms with E-state index in [9.17, 15) is 42.3 Å². The number of benzene rings is 2. The molecule has 79 heavy (non-hydrogen) atoms. The first-order valence-corrected chi connectivity index (χ1v) is 27.4. The molecule has 430 valence electrons. The van der Waals surface area contributed by atoms with Gasteiger partial charge in [-0.3, -0.25) is 24.0 Å². The number of hydrogen-bond donors (Lipinski definition) is 5. The van der Waals surface area contributed by atoms with Crippen LogP contribution in [0.2, 0.25) is 0 Å². The summed E-state index contributed by atoms with van der Waals surface area (Å²) in [4.78, 5) is 77.0. The fourth-order valence-corrected chi connectivity index (χ4v) is 10.0. The van der Waals surface area contributed by atoms with Crippen molar-refractivity contribution in [3.05, 3.63) is 106 Å². The number of aliphatic hydroxyl groups is 1. The zero-order chi connectivity index (χ0) is 57.0. The summed E-state index contributed by atoms with van der Waals surface area (Å²) in [7, 11) is 1.48. The fourth-order valence-electron chi connectivity index (χ4n) is 9.20. The van der Waals surface area contributed by atoms with E-state index in [-0.39, 0.29) is 95.9 Å². The van der Waals surface area contributed by atoms with Crippen LogP contribution in [0, 0.1) is 24.2 Å². The minimum Gasteiger partial charge on any atom is -0.495 e. The van der Waals surface area contributed by atoms with Crippen LogP contribution in [-0.2, 0) is 57.6 Å². The molecule has 0 bridgehead atoms. The summed E-state index contributed by atoms with van der Waals surface area (Å²) >= 11 is 1.56. The molecule has 18 nitrogen and oxygen atoms in total. The number of allylic oxidation sites excluding steroid dienone is 1. The van der Waals surface area contributed by atoms with E-state index in [2.05, 4.69) is 31.2 Å². The second kappa shape index (κ2) is 30.3. The quantitative estimate of drug-likeness (QED) is 0.0390. The van der Waals surface area contributed by atoms with E-state index in [1.807, 2.05) is 76.2 Å². The van der Waals surface area contributed by atoms with Gasteiger partial charge in [0.1, 0.15) is 30.1 Å². The molecular weight excluding hydrogens is 1050 g/mol. The highest BCUT2D eigenvalue weighted by Gasteiger charge is 2.45. The summed E-state index contributed by atoms with van der Waals surface area (Å²) in [6.45, 7) is 9.51. The molecule has 1 aliphatic carbocycles. The highest BCUT2D eigenvalue weighted by molar-refractivity contribution is 7.13. The Hall–Kier alpha value is -6.30. The smallest absolute Gasteiger partial charge is 0.391 e. The van der Waals surface area contributed by atoms with Gasteiger partial charge in [-0.05, 0) is 72.3 Å². The number of nitrogens with one attached hydrogen (secondary N) is 4. The van der Waals surface area contributed by atoms with Crippen molar-refractivity contribution in [2.75, 3.05) is 73.1 Å². The standard InChI is InChI=1S/C57H74F3N7O11S/c1-37-51(79-36-65-37)42-14-10-39(11-15-42)31-64-54(72)47-30-45(68)34-67(47)55(73)52(56(2,3)4)66-50(70)35-78-26-25-77-24-23-76-22-21-75-20-19-61-49(69)28-40-7-6-8-41(27-40)32-63-53(71)46-29-43(48(74-5)33-62-46)16-9-38-12-17-44(18-13-38)57(58,59)60/h6-11,14-16,27,29,33,36,38,44-45,47,52,68H,12-13,17-26,28,30-32,34-35H2,1-5H3,(H,61,69)(H,63,71)(H,64,72)(H,66,70). The first-order valence-electron chi connectivity index (χ1n) is 26.6. The third-order valence-electron chi connectivity index (χ3n) is 13.6. The number of carbonyl (C=O) groups excluding carboxylic acids is 5. The van der Waals surface area contributed by atoms with Gasteiger partial charge in [-0.2, -0.15) is 13.2 Å². The highest BCUT2D eigenvalue weighted by Crippen LogP contribution is 2.40. The lowest BCUT2D eigenvalue weighted by molar-refractivity contribution is -0.183. The predicted octanol–water partition coefficient (Wildman–Crippen LogP) is 6.37. The van der Waals surface area contributed by atoms with Crippen molar-refractivity contribution in [1.29, 1.82) is 0 Å². The summed E-state index contributed by atoms with van der Waals surface area (Å²) in [5.74, 6) is -2.82. The molecule has 5 amide bonds. The third-order valence-corrected chi connectivity index (χ3v) is 14.5. The molecule has 2 aromatic carbocycles. The number of likely N-dealkylation sites (tertiary alicyclic amines) is 1. The monoisotopic (exact) mass is 1120 g/mol. The number of aryl methyl sites for hydroxylation is 1. The van der Waals surface area contributed by atoms with Crippen LogP contribution in [0.25, 0.3) is 16.5 Å². The third kappa shape index (κ3) is 19.8. The Balaban J connectivity index is 0.783. The van der Waals surface area contributed by atoms with Crippen LogP contribution in [0.1, 0.15) is 91.3 Å². The Bertz CT molecular complexity index is 2660. The second-order valence-electron chi connectivity index (χ2n) is 20.7. The first kappa shape index (κ1) is 61.9. The number of carbonyl (C=O) groups is 5. The number of thiazole rings is 1. The number of pyridine rings is 1. The Morgan fingerprint density at radius 3 is 2.11 bits per heavy atom. The van der Waals surface area contributed by atoms with Gasteiger partial charge in [0.2, 0.25) is 23.6 Å². The maximum atomic E-state index is 13.9. The van der Waals surface area contributed by atoms with Gasteiger partial charge >= 0.3 is 6.18 Å². The molecule has 6 rings (SSSR count). The van der Waals surface area contributed by atoms with E-state index in [1.165, 1.54) is 18.2 Å². The van der Waals surface area contributed by atoms with Crippen molar-refractivity contribution in [3.63, 3.8) is 0 Å². The predicted molar refractivity (Wildman–Crippen MR) is 291 cm³/mol. The number of ether oxygens (including phenoxy) is 5. The van der Waals surface area contributed by atoms with Crippen molar-refractivity contribution in [1.82, 2.24) is 36.1 Å². The number of halogens is 3. The van der Waals surface area contributed by atoms with Gasteiger partial charge in [0.25, 0.3) is 5.91 Å². The molecule has 1 saturated carbocycles. The molecular formula is C57H74F3N7O11S. The fraction of sp³-hybridized carbons (Fsp3) is 0.526. The molecule has 1 saturated heterocycles. The minimum absolute atomic E-state index is 0.00193. The van der Waals surface area contributed by atoms with E-state index >= 15 is 0 Å². The van der Waals surface area contributed by atoms with Gasteiger partial charge in [0, 0.05) is 38.2 Å². The van der Waals surface area contributed by atoms with Crippen LogP contribution in [0.5, 0.6) is 5.75 Å². The zero-order valence-corrected chi connectivity index (χ0v) is 46.4. The zero-order valence-electron chi connectivity index (χ0n) is 45.5. The van der Waals surface area contributed by atoms with Crippen LogP contribution in [0.4, 0.5) is 13.2 Å². The van der Waals surface area contributed by atoms with Crippen molar-refractivity contribution < 1.29 is 65.9 Å². The van der Waals surface area contributed by atoms with Gasteiger partial charge in [0.05, 0.1) is 94.1 Å². The molecule has 3 atom stereocenters. The number of rotatable bonds is 28. The highest BCUT2D eigenvalue weighted by atomic mass is 32.1. The molecule has 0 spiro atoms. The number of aliphatic hydroxyl groups excluding tert-OH is 1. The molecule has 3 heterocycles. The van der Waals surface area contributed by atoms with Gasteiger partial charge in [-0.1, -0.05) is 81.5 Å². The molecule has 2 fully saturated rings. The first-order chi connectivity index (χ1) is 37.8. The van der Waals surface area contributed by atoms with Crippen molar-refractivity contribution in [2.45, 2.75) is 104 Å². The number of alkyl halides is 3. The van der Waals surface area contributed by atoms with Crippen molar-refractivity contribution in [3.8, 4) is 16.2 Å². The van der Waals surface area contributed by atoms with Gasteiger partial charge in [0.15, 0.2) is 0 Å². The lowest BCUT2D eigenvalue weighted by Crippen LogP contribution is -2.58. The van der Waals surface area contributed by atoms with Crippen LogP contribution < -0.4 is 26.0 Å². The van der Waals surface area contributed by atoms with E-state index < -0.39 is 59.3 Å². The van der Waals surface area contributed by atoms with Crippen molar-refractivity contribution >= 4 is 46.9 Å². The molecule has 2 aliphatic rings. The van der Waals surface area contributed by atoms with Gasteiger partial charge in [-0.15, -0.1) is 11.3 Å². The largest absolute Gasteiger partial charge is 0.495 e. The topological polar surface area (TPSA) is 229 Å². The number of β-amino-alcohol motifs (C(OH)–C–C–N with tert-alkyl or cyclic N) is 1. The Kier molecular flexibility index (Phi) is 23.8. The number of methoxy groups -OCH3 is 1. The summed E-state index contributed by atoms with van der Waals surface area (Å²) < 4.78 is 66.9. The molecule has 22 heteroatoms. The lowest BCUT2D eigenvalue weighted by atomic mass is 9.81. The minimum atomic E-state index is -4.17. The Labute approximate surface area is 463 Å². The number of aromatic nitrogens is 2. The maximum absolute atomic E-state index is 13.9. The average molecular weight is 1120 g/mol. The number of nitrogens with zero attached hydrogens (tertiary/aromatic N) is 3. The van der Waals surface area contributed by atoms with Crippen LogP contribution in [0.15, 0.2) is 72.4 Å². The average Bonchev–Trinajstić information content (AvgIpc) is 4.05. The molecule has 3 unspecified atom stereocenters. The normalized spacial score (nSPS) is 18.1. The van der Waals surface area contributed by atoms with Gasteiger partial charge < -0.3 is 55.0 Å². The summed E-state index contributed by atoms with van der Waals surface area (Å²) in [5, 5.41) is 21.9.